The fourth-order valence-corrected chi connectivity index (χ4v) is 5.37. The molecule has 0 saturated carbocycles. The van der Waals surface area contributed by atoms with Gasteiger partial charge in [0.25, 0.3) is 0 Å². The van der Waals surface area contributed by atoms with Gasteiger partial charge < -0.3 is 14.2 Å². The van der Waals surface area contributed by atoms with Crippen molar-refractivity contribution in [3.05, 3.63) is 102 Å². The molecule has 0 radical (unpaired) electrons. The Morgan fingerprint density at radius 3 is 2.09 bits per heavy atom. The van der Waals surface area contributed by atoms with Gasteiger partial charge in [-0.1, -0.05) is 72.8 Å². The topological polar surface area (TPSA) is 46.4 Å². The predicted molar refractivity (Wildman–Crippen MR) is 137 cm³/mol. The zero-order chi connectivity index (χ0) is 23.5. The van der Waals surface area contributed by atoms with Crippen molar-refractivity contribution in [2.45, 2.75) is 19.0 Å². The number of benzene rings is 3. The second-order valence-electron chi connectivity index (χ2n) is 9.29. The van der Waals surface area contributed by atoms with E-state index in [1.54, 1.807) is 0 Å². The molecule has 0 N–H and O–H groups in total. The number of ether oxygens (including phenoxy) is 1. The van der Waals surface area contributed by atoms with Gasteiger partial charge in [0.05, 0.1) is 18.2 Å². The maximum atomic E-state index is 5.94. The summed E-state index contributed by atoms with van der Waals surface area (Å²) in [4.78, 5) is 5.19. The van der Waals surface area contributed by atoms with Crippen LogP contribution in [0.15, 0.2) is 84.9 Å². The van der Waals surface area contributed by atoms with Crippen LogP contribution in [0.5, 0.6) is 5.75 Å². The van der Waals surface area contributed by atoms with E-state index in [9.17, 15) is 0 Å². The minimum absolute atomic E-state index is 0.298. The van der Waals surface area contributed by atoms with Gasteiger partial charge in [0.1, 0.15) is 18.2 Å². The van der Waals surface area contributed by atoms with E-state index in [4.69, 9.17) is 4.74 Å². The Hall–Kier alpha value is -3.48. The minimum atomic E-state index is 0.298. The maximum Gasteiger partial charge on any atom is 0.167 e. The molecule has 0 unspecified atom stereocenters. The van der Waals surface area contributed by atoms with E-state index >= 15 is 0 Å². The highest BCUT2D eigenvalue weighted by Gasteiger charge is 2.27. The highest BCUT2D eigenvalue weighted by Crippen LogP contribution is 2.32. The van der Waals surface area contributed by atoms with Crippen LogP contribution in [0.25, 0.3) is 11.4 Å². The van der Waals surface area contributed by atoms with Gasteiger partial charge in [-0.3, -0.25) is 4.90 Å². The van der Waals surface area contributed by atoms with E-state index in [1.807, 2.05) is 18.2 Å². The monoisotopic (exact) mass is 465 g/mol. The summed E-state index contributed by atoms with van der Waals surface area (Å²) >= 11 is 0. The van der Waals surface area contributed by atoms with E-state index in [0.29, 0.717) is 12.6 Å². The average Bonchev–Trinajstić information content (AvgIpc) is 3.23. The number of rotatable bonds is 6. The van der Waals surface area contributed by atoms with E-state index < -0.39 is 0 Å². The van der Waals surface area contributed by atoms with Gasteiger partial charge in [-0.25, -0.2) is 0 Å². The molecular weight excluding hydrogens is 434 g/mol. The lowest BCUT2D eigenvalue weighted by Gasteiger charge is -2.39. The van der Waals surface area contributed by atoms with Crippen molar-refractivity contribution in [2.24, 2.45) is 0 Å². The van der Waals surface area contributed by atoms with Crippen molar-refractivity contribution in [3.8, 4) is 17.1 Å². The van der Waals surface area contributed by atoms with Crippen LogP contribution in [-0.2, 0) is 13.0 Å². The van der Waals surface area contributed by atoms with Crippen LogP contribution >= 0.6 is 0 Å². The average molecular weight is 466 g/mol. The van der Waals surface area contributed by atoms with Crippen LogP contribution in [0.1, 0.15) is 23.0 Å². The zero-order valence-electron chi connectivity index (χ0n) is 20.0. The number of piperazine rings is 1. The molecule has 0 bridgehead atoms. The van der Waals surface area contributed by atoms with Crippen molar-refractivity contribution < 1.29 is 4.74 Å². The molecule has 0 aliphatic carbocycles. The largest absolute Gasteiger partial charge is 0.491 e. The highest BCUT2D eigenvalue weighted by atomic mass is 16.5. The normalized spacial score (nSPS) is 16.4. The molecule has 1 aromatic heterocycles. The molecule has 6 rings (SSSR count). The molecule has 0 spiro atoms. The summed E-state index contributed by atoms with van der Waals surface area (Å²) in [6.07, 6.45) is 0.899. The third-order valence-electron chi connectivity index (χ3n) is 7.18. The quantitative estimate of drug-likeness (QED) is 0.425. The number of nitrogens with zero attached hydrogens (tertiary/aromatic N) is 5. The summed E-state index contributed by atoms with van der Waals surface area (Å²) in [5, 5.41) is 9.10. The Balaban J connectivity index is 1.12. The van der Waals surface area contributed by atoms with Crippen molar-refractivity contribution in [3.63, 3.8) is 0 Å². The molecule has 1 saturated heterocycles. The summed E-state index contributed by atoms with van der Waals surface area (Å²) in [6, 6.07) is 30.2. The first-order valence-corrected chi connectivity index (χ1v) is 12.6. The lowest BCUT2D eigenvalue weighted by atomic mass is 9.96. The Morgan fingerprint density at radius 2 is 1.37 bits per heavy atom. The molecule has 0 atom stereocenters. The van der Waals surface area contributed by atoms with Crippen molar-refractivity contribution in [1.29, 1.82) is 0 Å². The van der Waals surface area contributed by atoms with Crippen molar-refractivity contribution in [2.75, 3.05) is 39.3 Å². The lowest BCUT2D eigenvalue weighted by molar-refractivity contribution is 0.110. The second-order valence-corrected chi connectivity index (χ2v) is 9.29. The molecular formula is C29H31N5O. The van der Waals surface area contributed by atoms with Gasteiger partial charge in [-0.2, -0.15) is 0 Å². The second kappa shape index (κ2) is 10.0. The fraction of sp³-hybridized carbons (Fsp3) is 0.310. The van der Waals surface area contributed by atoms with Gasteiger partial charge in [0.2, 0.25) is 0 Å². The number of hydrogen-bond donors (Lipinski definition) is 0. The molecule has 0 amide bonds. The summed E-state index contributed by atoms with van der Waals surface area (Å²) in [7, 11) is 0. The van der Waals surface area contributed by atoms with E-state index in [-0.39, 0.29) is 0 Å². The Bertz CT molecular complexity index is 1210. The maximum absolute atomic E-state index is 5.94. The van der Waals surface area contributed by atoms with Gasteiger partial charge in [-0.05, 0) is 23.3 Å². The zero-order valence-corrected chi connectivity index (χ0v) is 20.0. The van der Waals surface area contributed by atoms with E-state index in [1.165, 1.54) is 11.1 Å². The highest BCUT2D eigenvalue weighted by molar-refractivity contribution is 5.64. The summed E-state index contributed by atoms with van der Waals surface area (Å²) < 4.78 is 8.18. The molecule has 6 heteroatoms. The third kappa shape index (κ3) is 4.59. The first-order valence-electron chi connectivity index (χ1n) is 12.6. The van der Waals surface area contributed by atoms with Crippen LogP contribution in [0.4, 0.5) is 0 Å². The molecule has 2 aliphatic rings. The van der Waals surface area contributed by atoms with Crippen LogP contribution in [0.2, 0.25) is 0 Å². The summed E-state index contributed by atoms with van der Waals surface area (Å²) in [5.41, 5.74) is 3.76. The Morgan fingerprint density at radius 1 is 0.714 bits per heavy atom. The van der Waals surface area contributed by atoms with Crippen LogP contribution in [-0.4, -0.2) is 63.9 Å². The Labute approximate surface area is 206 Å². The number of aromatic nitrogens is 3. The van der Waals surface area contributed by atoms with E-state index in [2.05, 4.69) is 91.3 Å². The van der Waals surface area contributed by atoms with Crippen LogP contribution in [0.3, 0.4) is 0 Å². The van der Waals surface area contributed by atoms with Gasteiger partial charge >= 0.3 is 0 Å². The minimum Gasteiger partial charge on any atom is -0.491 e. The van der Waals surface area contributed by atoms with E-state index in [0.717, 1.165) is 68.7 Å². The smallest absolute Gasteiger partial charge is 0.167 e. The first kappa shape index (κ1) is 22.0. The summed E-state index contributed by atoms with van der Waals surface area (Å²) in [5.74, 6) is 2.87. The number of hydrogen-bond acceptors (Lipinski definition) is 5. The van der Waals surface area contributed by atoms with Gasteiger partial charge in [0, 0.05) is 39.1 Å². The number of fused-ring (bicyclic) bond motifs is 3. The van der Waals surface area contributed by atoms with Gasteiger partial charge in [0.15, 0.2) is 5.82 Å². The summed E-state index contributed by atoms with van der Waals surface area (Å²) in [6.45, 7) is 6.65. The molecule has 1 fully saturated rings. The van der Waals surface area contributed by atoms with Crippen LogP contribution in [0, 0.1) is 0 Å². The molecule has 6 nitrogen and oxygen atoms in total. The first-order chi connectivity index (χ1) is 17.4. The number of para-hydroxylation sites is 1. The third-order valence-corrected chi connectivity index (χ3v) is 7.18. The molecule has 3 aromatic carbocycles. The van der Waals surface area contributed by atoms with Gasteiger partial charge in [-0.15, -0.1) is 10.2 Å². The molecule has 178 valence electrons. The molecule has 4 aromatic rings. The fourth-order valence-electron chi connectivity index (χ4n) is 5.37. The molecule has 3 heterocycles. The Kier molecular flexibility index (Phi) is 6.30. The lowest BCUT2D eigenvalue weighted by Crippen LogP contribution is -2.48. The standard InChI is InChI=1S/C29H31N5O/c1-3-9-23(10-4-1)28(24-11-5-2-6-12-24)33-19-17-32(18-20-33)16-15-27-30-31-29-25-13-7-8-14-26(25)35-22-21-34(27)29/h1-14,28H,15-22H2. The molecule has 2 aliphatic heterocycles. The van der Waals surface area contributed by atoms with Crippen molar-refractivity contribution >= 4 is 0 Å². The van der Waals surface area contributed by atoms with Crippen molar-refractivity contribution in [1.82, 2.24) is 24.6 Å². The van der Waals surface area contributed by atoms with Crippen LogP contribution < -0.4 is 4.74 Å². The predicted octanol–water partition coefficient (Wildman–Crippen LogP) is 4.29. The molecule has 35 heavy (non-hydrogen) atoms. The SMILES string of the molecule is c1ccc(C(c2ccccc2)N2CCN(CCc3nnc4n3CCOc3ccccc3-4)CC2)cc1.